The average molecular weight is 361 g/mol. The van der Waals surface area contributed by atoms with E-state index >= 15 is 0 Å². The smallest absolute Gasteiger partial charge is 0.267 e. The van der Waals surface area contributed by atoms with Crippen LogP contribution in [0.25, 0.3) is 0 Å². The molecule has 0 spiro atoms. The Morgan fingerprint density at radius 1 is 0.792 bits per heavy atom. The van der Waals surface area contributed by atoms with Crippen LogP contribution >= 0.6 is 0 Å². The third-order valence-corrected chi connectivity index (χ3v) is 7.45. The molecule has 0 aromatic heterocycles. The van der Waals surface area contributed by atoms with Crippen molar-refractivity contribution in [3.05, 3.63) is 27.0 Å². The Labute approximate surface area is 143 Å². The van der Waals surface area contributed by atoms with Gasteiger partial charge in [-0.1, -0.05) is 26.5 Å². The van der Waals surface area contributed by atoms with Crippen LogP contribution in [-0.4, -0.2) is 45.4 Å². The van der Waals surface area contributed by atoms with Gasteiger partial charge in [0.25, 0.3) is 8.07 Å². The summed E-state index contributed by atoms with van der Waals surface area (Å²) in [6.07, 6.45) is 1.87. The fourth-order valence-corrected chi connectivity index (χ4v) is 5.26. The Hall–Kier alpha value is -1.36. The first-order valence-electron chi connectivity index (χ1n) is 8.08. The maximum absolute atomic E-state index is 11.4. The molecule has 0 aliphatic heterocycles. The first-order valence-corrected chi connectivity index (χ1v) is 10.4. The van der Waals surface area contributed by atoms with E-state index < -0.39 is 25.6 Å². The van der Waals surface area contributed by atoms with Crippen molar-refractivity contribution < 1.29 is 14.2 Å². The number of hydrogen-bond donors (Lipinski definition) is 0. The van der Waals surface area contributed by atoms with E-state index in [2.05, 4.69) is 22.1 Å². The van der Waals surface area contributed by atoms with Gasteiger partial charge in [0, 0.05) is 19.8 Å². The lowest BCUT2D eigenvalue weighted by molar-refractivity contribution is 0.0435. The summed E-state index contributed by atoms with van der Waals surface area (Å²) in [5.41, 5.74) is 1.33. The number of hydrogen-bond acceptors (Lipinski definition) is 9. The van der Waals surface area contributed by atoms with E-state index in [-0.39, 0.29) is 19.8 Å². The van der Waals surface area contributed by atoms with E-state index in [1.54, 1.807) is 0 Å². The summed E-state index contributed by atoms with van der Waals surface area (Å²) in [6.45, 7) is 9.91. The van der Waals surface area contributed by atoms with Gasteiger partial charge in [0.2, 0.25) is 0 Å². The summed E-state index contributed by atoms with van der Waals surface area (Å²) in [6, 6.07) is 0. The highest BCUT2D eigenvalue weighted by Gasteiger charge is 2.59. The minimum absolute atomic E-state index is 0.220. The fourth-order valence-electron chi connectivity index (χ4n) is 2.15. The van der Waals surface area contributed by atoms with Crippen molar-refractivity contribution in [2.45, 2.75) is 57.6 Å². The number of ether oxygens (including phenoxy) is 3. The largest absolute Gasteiger partial charge is 0.356 e. The zero-order valence-corrected chi connectivity index (χ0v) is 15.6. The quantitative estimate of drug-likeness (QED) is 0.307. The van der Waals surface area contributed by atoms with E-state index in [0.717, 1.165) is 0 Å². The molecule has 3 atom stereocenters. The Morgan fingerprint density at radius 3 is 1.25 bits per heavy atom. The summed E-state index contributed by atoms with van der Waals surface area (Å²) < 4.78 is 16.4. The molecule has 0 saturated carbocycles. The van der Waals surface area contributed by atoms with Gasteiger partial charge >= 0.3 is 0 Å². The van der Waals surface area contributed by atoms with E-state index in [9.17, 15) is 14.7 Å². The topological polar surface area (TPSA) is 116 Å². The van der Waals surface area contributed by atoms with E-state index in [1.165, 1.54) is 5.70 Å². The molecule has 0 bridgehead atoms. The summed E-state index contributed by atoms with van der Waals surface area (Å²) in [5.74, 6) is -3.93. The Kier molecular flexibility index (Phi) is 12.2. The lowest BCUT2D eigenvalue weighted by atomic mass is 10.5. The number of nitroso groups, excluding NO2 is 3. The molecule has 10 heteroatoms. The Balaban J connectivity index is 5.93. The number of nitrogens with zero attached hydrogens (tertiary/aromatic N) is 3. The molecular weight excluding hydrogens is 334 g/mol. The zero-order chi connectivity index (χ0) is 18.4. The molecule has 24 heavy (non-hydrogen) atoms. The molecule has 0 aromatic carbocycles. The van der Waals surface area contributed by atoms with Crippen LogP contribution in [0.15, 0.2) is 27.8 Å². The molecule has 0 saturated heterocycles. The maximum atomic E-state index is 11.4. The average Bonchev–Trinajstić information content (AvgIpc) is 2.62. The van der Waals surface area contributed by atoms with Crippen LogP contribution < -0.4 is 0 Å². The van der Waals surface area contributed by atoms with Crippen LogP contribution in [0.5, 0.6) is 0 Å². The van der Waals surface area contributed by atoms with Crippen molar-refractivity contribution in [3.63, 3.8) is 0 Å². The minimum Gasteiger partial charge on any atom is -0.356 e. The van der Waals surface area contributed by atoms with Crippen LogP contribution in [-0.2, 0) is 14.2 Å². The van der Waals surface area contributed by atoms with E-state index in [0.29, 0.717) is 19.3 Å². The third kappa shape index (κ3) is 5.62. The first kappa shape index (κ1) is 22.6. The van der Waals surface area contributed by atoms with Crippen LogP contribution in [0.4, 0.5) is 0 Å². The molecule has 3 unspecified atom stereocenters. The summed E-state index contributed by atoms with van der Waals surface area (Å²) in [4.78, 5) is 34.3. The van der Waals surface area contributed by atoms with Crippen molar-refractivity contribution in [2.24, 2.45) is 15.5 Å². The molecule has 0 rings (SSSR count). The van der Waals surface area contributed by atoms with Crippen molar-refractivity contribution >= 4 is 8.07 Å². The van der Waals surface area contributed by atoms with E-state index in [1.807, 2.05) is 20.8 Å². The lowest BCUT2D eigenvalue weighted by Crippen LogP contribution is -2.65. The van der Waals surface area contributed by atoms with Crippen LogP contribution in [0.3, 0.4) is 0 Å². The summed E-state index contributed by atoms with van der Waals surface area (Å²) in [5, 5.41) is 8.95. The molecule has 9 nitrogen and oxygen atoms in total. The summed E-state index contributed by atoms with van der Waals surface area (Å²) in [7, 11) is -3.61. The van der Waals surface area contributed by atoms with Crippen molar-refractivity contribution in [1.29, 1.82) is 0 Å². The van der Waals surface area contributed by atoms with Gasteiger partial charge < -0.3 is 14.2 Å². The van der Waals surface area contributed by atoms with Crippen LogP contribution in [0.2, 0.25) is 0 Å². The normalized spacial score (nSPS) is 17.3. The predicted octanol–water partition coefficient (Wildman–Crippen LogP) is 3.34. The van der Waals surface area contributed by atoms with Gasteiger partial charge in [-0.25, -0.2) is 0 Å². The van der Waals surface area contributed by atoms with E-state index in [4.69, 9.17) is 14.2 Å². The van der Waals surface area contributed by atoms with Gasteiger partial charge in [0.05, 0.1) is 0 Å². The molecule has 0 heterocycles. The highest BCUT2D eigenvalue weighted by atomic mass is 28.3. The monoisotopic (exact) mass is 361 g/mol. The van der Waals surface area contributed by atoms with Gasteiger partial charge in [0.1, 0.15) is 0 Å². The van der Waals surface area contributed by atoms with Crippen molar-refractivity contribution in [1.82, 2.24) is 0 Å². The highest BCUT2D eigenvalue weighted by molar-refractivity contribution is 6.87. The number of rotatable bonds is 16. The van der Waals surface area contributed by atoms with Crippen molar-refractivity contribution in [3.8, 4) is 0 Å². The second-order valence-corrected chi connectivity index (χ2v) is 9.08. The molecule has 0 aliphatic carbocycles. The molecule has 0 fully saturated rings. The predicted molar refractivity (Wildman–Crippen MR) is 93.4 cm³/mol. The second kappa shape index (κ2) is 13.0. The van der Waals surface area contributed by atoms with Gasteiger partial charge in [-0.3, -0.25) is 0 Å². The second-order valence-electron chi connectivity index (χ2n) is 5.19. The van der Waals surface area contributed by atoms with Crippen LogP contribution in [0.1, 0.15) is 40.0 Å². The zero-order valence-electron chi connectivity index (χ0n) is 14.6. The summed E-state index contributed by atoms with van der Waals surface area (Å²) >= 11 is 0. The van der Waals surface area contributed by atoms with Gasteiger partial charge in [-0.2, -0.15) is 0 Å². The van der Waals surface area contributed by atoms with Gasteiger partial charge in [-0.05, 0) is 34.8 Å². The first-order chi connectivity index (χ1) is 11.6. The third-order valence-electron chi connectivity index (χ3n) is 3.36. The van der Waals surface area contributed by atoms with Gasteiger partial charge in [-0.15, -0.1) is 21.3 Å². The van der Waals surface area contributed by atoms with Crippen LogP contribution in [0, 0.1) is 14.7 Å². The molecule has 0 radical (unpaired) electrons. The fraction of sp³-hybridized carbons (Fsp3) is 0.857. The molecule has 0 amide bonds. The molecular formula is C14H27N3O6Si. The maximum Gasteiger partial charge on any atom is 0.267 e. The molecule has 0 aromatic rings. The molecule has 0 N–H and O–H groups in total. The Morgan fingerprint density at radius 2 is 1.08 bits per heavy atom. The SMILES string of the molecule is C=C[Si](C(N=O)OCCC)(C(N=O)OCCC)C(N=O)OCCC. The minimum atomic E-state index is -3.61. The molecule has 0 aliphatic rings. The standard InChI is InChI=1S/C14H27N3O6Si/c1-5-9-21-12(15-18)24(8-4,13(16-19)22-10-6-2)14(17-20)23-11-7-3/h8,12-14H,4-7,9-11H2,1-3H3. The molecule has 138 valence electrons. The Bertz CT molecular complexity index is 348. The highest BCUT2D eigenvalue weighted by Crippen LogP contribution is 2.29. The lowest BCUT2D eigenvalue weighted by Gasteiger charge is -2.36. The van der Waals surface area contributed by atoms with Crippen molar-refractivity contribution in [2.75, 3.05) is 19.8 Å². The van der Waals surface area contributed by atoms with Gasteiger partial charge in [0.15, 0.2) is 17.6 Å².